The second-order valence-corrected chi connectivity index (χ2v) is 3.70. The van der Waals surface area contributed by atoms with Gasteiger partial charge in [0.2, 0.25) is 0 Å². The molecule has 8 heteroatoms. The molecule has 0 radical (unpaired) electrons. The number of nitrogens with zero attached hydrogens (tertiary/aromatic N) is 2. The fourth-order valence-corrected chi connectivity index (χ4v) is 1.45. The van der Waals surface area contributed by atoms with E-state index < -0.39 is 22.2 Å². The minimum absolute atomic E-state index is 0.313. The number of rotatable bonds is 4. The van der Waals surface area contributed by atoms with E-state index in [0.717, 1.165) is 12.1 Å². The van der Waals surface area contributed by atoms with Gasteiger partial charge in [0.25, 0.3) is 0 Å². The molecular weight excluding hydrogens is 272 g/mol. The van der Waals surface area contributed by atoms with E-state index in [0.29, 0.717) is 11.9 Å². The summed E-state index contributed by atoms with van der Waals surface area (Å²) in [6, 6.07) is 5.18. The predicted molar refractivity (Wildman–Crippen MR) is 66.9 cm³/mol. The summed E-state index contributed by atoms with van der Waals surface area (Å²) in [5.74, 6) is -2.17. The van der Waals surface area contributed by atoms with Crippen molar-refractivity contribution in [2.45, 2.75) is 0 Å². The molecule has 2 rings (SSSR count). The smallest absolute Gasteiger partial charge is 0.331 e. The normalized spacial score (nSPS) is 10.2. The Balaban J connectivity index is 2.43. The van der Waals surface area contributed by atoms with Gasteiger partial charge < -0.3 is 10.1 Å². The molecule has 2 aromatic rings. The van der Waals surface area contributed by atoms with E-state index in [2.05, 4.69) is 10.3 Å². The monoisotopic (exact) mass is 281 g/mol. The van der Waals surface area contributed by atoms with Gasteiger partial charge in [0.15, 0.2) is 11.6 Å². The summed E-state index contributed by atoms with van der Waals surface area (Å²) in [7, 11) is 1.57. The number of pyridine rings is 1. The summed E-state index contributed by atoms with van der Waals surface area (Å²) in [6.45, 7) is 0. The van der Waals surface area contributed by atoms with Gasteiger partial charge in [0.1, 0.15) is 11.6 Å². The molecule has 1 aromatic carbocycles. The lowest BCUT2D eigenvalue weighted by Crippen LogP contribution is -2.00. The molecule has 0 aliphatic rings. The molecule has 20 heavy (non-hydrogen) atoms. The van der Waals surface area contributed by atoms with Gasteiger partial charge in [-0.25, -0.2) is 8.78 Å². The van der Waals surface area contributed by atoms with E-state index in [1.54, 1.807) is 7.05 Å². The highest BCUT2D eigenvalue weighted by Crippen LogP contribution is 2.31. The highest BCUT2D eigenvalue weighted by molar-refractivity contribution is 5.50. The minimum atomic E-state index is -0.976. The van der Waals surface area contributed by atoms with Gasteiger partial charge in [0.05, 0.1) is 4.92 Å². The predicted octanol–water partition coefficient (Wildman–Crippen LogP) is 3.10. The largest absolute Gasteiger partial charge is 0.430 e. The molecule has 1 N–H and O–H groups in total. The molecule has 104 valence electrons. The molecule has 1 heterocycles. The first-order chi connectivity index (χ1) is 9.51. The Morgan fingerprint density at radius 1 is 1.30 bits per heavy atom. The van der Waals surface area contributed by atoms with E-state index >= 15 is 0 Å². The summed E-state index contributed by atoms with van der Waals surface area (Å²) in [5.41, 5.74) is -0.423. The maximum absolute atomic E-state index is 13.5. The summed E-state index contributed by atoms with van der Waals surface area (Å²) in [5, 5.41) is 13.5. The zero-order chi connectivity index (χ0) is 14.7. The van der Waals surface area contributed by atoms with Gasteiger partial charge in [-0.15, -0.1) is 0 Å². The van der Waals surface area contributed by atoms with Crippen LogP contribution in [0.5, 0.6) is 11.6 Å². The van der Waals surface area contributed by atoms with Crippen molar-refractivity contribution in [3.63, 3.8) is 0 Å². The lowest BCUT2D eigenvalue weighted by atomic mass is 10.3. The van der Waals surface area contributed by atoms with E-state index in [1.807, 2.05) is 0 Å². The van der Waals surface area contributed by atoms with E-state index in [4.69, 9.17) is 4.74 Å². The SMILES string of the molecule is CNc1ccc([N+](=O)[O-])c(Oc2ccc(F)cc2F)n1. The third-order valence-electron chi connectivity index (χ3n) is 2.39. The molecule has 0 bridgehead atoms. The topological polar surface area (TPSA) is 77.3 Å². The van der Waals surface area contributed by atoms with Crippen LogP contribution in [0.2, 0.25) is 0 Å². The highest BCUT2D eigenvalue weighted by atomic mass is 19.1. The molecule has 1 aromatic heterocycles. The Labute approximate surface area is 112 Å². The van der Waals surface area contributed by atoms with Gasteiger partial charge in [-0.1, -0.05) is 0 Å². The lowest BCUT2D eigenvalue weighted by molar-refractivity contribution is -0.386. The fraction of sp³-hybridized carbons (Fsp3) is 0.0833. The number of nitro groups is 1. The second-order valence-electron chi connectivity index (χ2n) is 3.70. The minimum Gasteiger partial charge on any atom is -0.430 e. The number of ether oxygens (including phenoxy) is 1. The Hall–Kier alpha value is -2.77. The summed E-state index contributed by atoms with van der Waals surface area (Å²) in [4.78, 5) is 14.0. The van der Waals surface area contributed by atoms with Gasteiger partial charge >= 0.3 is 11.6 Å². The lowest BCUT2D eigenvalue weighted by Gasteiger charge is -2.07. The maximum atomic E-state index is 13.5. The number of anilines is 1. The van der Waals surface area contributed by atoms with E-state index in [-0.39, 0.29) is 11.6 Å². The van der Waals surface area contributed by atoms with Gasteiger partial charge in [-0.2, -0.15) is 4.98 Å². The first-order valence-electron chi connectivity index (χ1n) is 5.47. The van der Waals surface area contributed by atoms with Crippen LogP contribution in [0.3, 0.4) is 0 Å². The molecule has 0 unspecified atom stereocenters. The quantitative estimate of drug-likeness (QED) is 0.688. The van der Waals surface area contributed by atoms with Crippen LogP contribution in [-0.4, -0.2) is 17.0 Å². The Bertz CT molecular complexity index is 664. The average Bonchev–Trinajstić information content (AvgIpc) is 2.41. The Morgan fingerprint density at radius 2 is 2.05 bits per heavy atom. The number of aromatic nitrogens is 1. The standard InChI is InChI=1S/C12H9F2N3O3/c1-15-11-5-3-9(17(18)19)12(16-11)20-10-4-2-7(13)6-8(10)14/h2-6H,1H3,(H,15,16). The summed E-state index contributed by atoms with van der Waals surface area (Å²) < 4.78 is 31.3. The number of hydrogen-bond donors (Lipinski definition) is 1. The van der Waals surface area contributed by atoms with Crippen LogP contribution in [0.25, 0.3) is 0 Å². The Morgan fingerprint density at radius 3 is 2.65 bits per heavy atom. The molecule has 0 atom stereocenters. The number of halogens is 2. The van der Waals surface area contributed by atoms with E-state index in [9.17, 15) is 18.9 Å². The first-order valence-corrected chi connectivity index (χ1v) is 5.47. The molecular formula is C12H9F2N3O3. The molecule has 0 amide bonds. The van der Waals surface area contributed by atoms with Crippen LogP contribution in [0.4, 0.5) is 20.3 Å². The van der Waals surface area contributed by atoms with Crippen LogP contribution >= 0.6 is 0 Å². The molecule has 0 fully saturated rings. The number of benzene rings is 1. The first kappa shape index (κ1) is 13.7. The maximum Gasteiger partial charge on any atom is 0.331 e. The van der Waals surface area contributed by atoms with Crippen molar-refractivity contribution in [1.29, 1.82) is 0 Å². The van der Waals surface area contributed by atoms with Crippen LogP contribution < -0.4 is 10.1 Å². The van der Waals surface area contributed by atoms with Crippen molar-refractivity contribution in [1.82, 2.24) is 4.98 Å². The van der Waals surface area contributed by atoms with Gasteiger partial charge in [-0.3, -0.25) is 10.1 Å². The highest BCUT2D eigenvalue weighted by Gasteiger charge is 2.19. The zero-order valence-electron chi connectivity index (χ0n) is 10.3. The molecule has 6 nitrogen and oxygen atoms in total. The third kappa shape index (κ3) is 2.79. The average molecular weight is 281 g/mol. The molecule has 0 aliphatic heterocycles. The molecule has 0 saturated carbocycles. The summed E-state index contributed by atoms with van der Waals surface area (Å²) in [6.07, 6.45) is 0. The van der Waals surface area contributed by atoms with Gasteiger partial charge in [-0.05, 0) is 18.2 Å². The van der Waals surface area contributed by atoms with Crippen LogP contribution in [0, 0.1) is 21.7 Å². The van der Waals surface area contributed by atoms with Crippen LogP contribution in [-0.2, 0) is 0 Å². The van der Waals surface area contributed by atoms with Crippen LogP contribution in [0.15, 0.2) is 30.3 Å². The van der Waals surface area contributed by atoms with Crippen molar-refractivity contribution >= 4 is 11.5 Å². The van der Waals surface area contributed by atoms with Crippen LogP contribution in [0.1, 0.15) is 0 Å². The van der Waals surface area contributed by atoms with E-state index in [1.165, 1.54) is 12.1 Å². The molecule has 0 spiro atoms. The van der Waals surface area contributed by atoms with Crippen molar-refractivity contribution in [2.75, 3.05) is 12.4 Å². The van der Waals surface area contributed by atoms with Crippen molar-refractivity contribution < 1.29 is 18.4 Å². The van der Waals surface area contributed by atoms with Crippen molar-refractivity contribution in [3.8, 4) is 11.6 Å². The van der Waals surface area contributed by atoms with Gasteiger partial charge in [0, 0.05) is 19.2 Å². The third-order valence-corrected chi connectivity index (χ3v) is 2.39. The van der Waals surface area contributed by atoms with Crippen molar-refractivity contribution in [2.24, 2.45) is 0 Å². The number of nitrogens with one attached hydrogen (secondary N) is 1. The molecule has 0 saturated heterocycles. The molecule has 0 aliphatic carbocycles. The fourth-order valence-electron chi connectivity index (χ4n) is 1.45. The summed E-state index contributed by atoms with van der Waals surface area (Å²) >= 11 is 0. The van der Waals surface area contributed by atoms with Crippen molar-refractivity contribution in [3.05, 3.63) is 52.1 Å². The Kier molecular flexibility index (Phi) is 3.74. The number of hydrogen-bond acceptors (Lipinski definition) is 5. The second kappa shape index (κ2) is 5.47. The zero-order valence-corrected chi connectivity index (χ0v) is 10.3.